The van der Waals surface area contributed by atoms with Crippen molar-refractivity contribution in [3.8, 4) is 0 Å². The van der Waals surface area contributed by atoms with E-state index in [-0.39, 0.29) is 0 Å². The number of hydrogen-bond donors (Lipinski definition) is 1. The summed E-state index contributed by atoms with van der Waals surface area (Å²) in [7, 11) is 1.50. The average molecular weight is 193 g/mol. The van der Waals surface area contributed by atoms with Gasteiger partial charge >= 0.3 is 6.09 Å². The van der Waals surface area contributed by atoms with Crippen LogP contribution in [0.1, 0.15) is 15.9 Å². The quantitative estimate of drug-likeness (QED) is 0.742. The van der Waals surface area contributed by atoms with Crippen molar-refractivity contribution in [2.24, 2.45) is 0 Å². The fourth-order valence-corrected chi connectivity index (χ4v) is 1.04. The molecular formula is C10H11NO3. The number of carboxylic acid groups (broad SMARTS) is 1. The summed E-state index contributed by atoms with van der Waals surface area (Å²) in [5, 5.41) is 8.61. The number of amides is 1. The Morgan fingerprint density at radius 2 is 2.00 bits per heavy atom. The van der Waals surface area contributed by atoms with E-state index in [0.717, 1.165) is 11.8 Å². The van der Waals surface area contributed by atoms with Gasteiger partial charge in [-0.2, -0.15) is 0 Å². The first-order valence-corrected chi connectivity index (χ1v) is 4.11. The van der Waals surface area contributed by atoms with E-state index in [2.05, 4.69) is 0 Å². The van der Waals surface area contributed by atoms with Crippen LogP contribution in [0.25, 0.3) is 0 Å². The fourth-order valence-electron chi connectivity index (χ4n) is 1.04. The summed E-state index contributed by atoms with van der Waals surface area (Å²) in [6.07, 6.45) is -0.213. The minimum absolute atomic E-state index is 0.328. The van der Waals surface area contributed by atoms with E-state index in [9.17, 15) is 9.59 Å². The standard InChI is InChI=1S/C10H11NO3/c1-11(10(13)14)6-8-2-4-9(7-12)5-3-8/h2-5,7H,6H2,1H3,(H,13,14). The molecule has 0 spiro atoms. The lowest BCUT2D eigenvalue weighted by atomic mass is 10.1. The highest BCUT2D eigenvalue weighted by Crippen LogP contribution is 2.05. The predicted molar refractivity (Wildman–Crippen MR) is 51.3 cm³/mol. The highest BCUT2D eigenvalue weighted by Gasteiger charge is 2.05. The van der Waals surface area contributed by atoms with Gasteiger partial charge in [0.05, 0.1) is 0 Å². The van der Waals surface area contributed by atoms with E-state index < -0.39 is 6.09 Å². The molecule has 0 aliphatic heterocycles. The highest BCUT2D eigenvalue weighted by atomic mass is 16.4. The molecule has 4 heteroatoms. The second-order valence-corrected chi connectivity index (χ2v) is 3.00. The lowest BCUT2D eigenvalue weighted by Crippen LogP contribution is -2.23. The zero-order valence-electron chi connectivity index (χ0n) is 7.80. The van der Waals surface area contributed by atoms with Crippen molar-refractivity contribution in [3.05, 3.63) is 35.4 Å². The lowest BCUT2D eigenvalue weighted by Gasteiger charge is -2.12. The minimum atomic E-state index is -0.968. The number of aldehydes is 1. The molecule has 0 aliphatic rings. The van der Waals surface area contributed by atoms with Crippen LogP contribution in [0, 0.1) is 0 Å². The van der Waals surface area contributed by atoms with Gasteiger partial charge in [-0.3, -0.25) is 4.79 Å². The van der Waals surface area contributed by atoms with Gasteiger partial charge in [-0.15, -0.1) is 0 Å². The van der Waals surface area contributed by atoms with Crippen LogP contribution >= 0.6 is 0 Å². The maximum Gasteiger partial charge on any atom is 0.407 e. The van der Waals surface area contributed by atoms with E-state index >= 15 is 0 Å². The Balaban J connectivity index is 2.68. The van der Waals surface area contributed by atoms with Gasteiger partial charge in [0, 0.05) is 19.2 Å². The largest absolute Gasteiger partial charge is 0.465 e. The fraction of sp³-hybridized carbons (Fsp3) is 0.200. The molecule has 1 rings (SSSR count). The molecule has 0 bridgehead atoms. The molecule has 0 fully saturated rings. The normalized spacial score (nSPS) is 9.50. The van der Waals surface area contributed by atoms with Gasteiger partial charge in [0.1, 0.15) is 6.29 Å². The molecule has 1 N–H and O–H groups in total. The molecule has 14 heavy (non-hydrogen) atoms. The Bertz CT molecular complexity index is 332. The second kappa shape index (κ2) is 4.41. The van der Waals surface area contributed by atoms with Crippen LogP contribution in [0.3, 0.4) is 0 Å². The van der Waals surface area contributed by atoms with Crippen LogP contribution in [-0.4, -0.2) is 29.4 Å². The SMILES string of the molecule is CN(Cc1ccc(C=O)cc1)C(=O)O. The third-order valence-corrected chi connectivity index (χ3v) is 1.86. The van der Waals surface area contributed by atoms with Crippen LogP contribution in [0.15, 0.2) is 24.3 Å². The summed E-state index contributed by atoms with van der Waals surface area (Å²) in [5.74, 6) is 0. The molecule has 74 valence electrons. The molecule has 1 aromatic carbocycles. The second-order valence-electron chi connectivity index (χ2n) is 3.00. The van der Waals surface area contributed by atoms with Gasteiger partial charge in [-0.25, -0.2) is 4.79 Å². The van der Waals surface area contributed by atoms with Gasteiger partial charge < -0.3 is 10.0 Å². The van der Waals surface area contributed by atoms with Crippen molar-refractivity contribution in [2.45, 2.75) is 6.54 Å². The van der Waals surface area contributed by atoms with Gasteiger partial charge in [0.2, 0.25) is 0 Å². The van der Waals surface area contributed by atoms with E-state index in [1.807, 2.05) is 0 Å². The zero-order chi connectivity index (χ0) is 10.6. The third kappa shape index (κ3) is 2.58. The zero-order valence-corrected chi connectivity index (χ0v) is 7.80. The first kappa shape index (κ1) is 10.2. The van der Waals surface area contributed by atoms with Gasteiger partial charge in [-0.1, -0.05) is 24.3 Å². The van der Waals surface area contributed by atoms with E-state index in [1.165, 1.54) is 11.9 Å². The predicted octanol–water partition coefficient (Wildman–Crippen LogP) is 1.61. The minimum Gasteiger partial charge on any atom is -0.465 e. The summed E-state index contributed by atoms with van der Waals surface area (Å²) in [6, 6.07) is 6.81. The first-order chi connectivity index (χ1) is 6.63. The van der Waals surface area contributed by atoms with E-state index in [1.54, 1.807) is 24.3 Å². The molecule has 0 saturated carbocycles. The van der Waals surface area contributed by atoms with Crippen LogP contribution in [0.2, 0.25) is 0 Å². The number of carbonyl (C=O) groups is 2. The van der Waals surface area contributed by atoms with Crippen LogP contribution in [-0.2, 0) is 6.54 Å². The highest BCUT2D eigenvalue weighted by molar-refractivity contribution is 5.74. The summed E-state index contributed by atoms with van der Waals surface area (Å²) < 4.78 is 0. The number of benzene rings is 1. The Morgan fingerprint density at radius 1 is 1.43 bits per heavy atom. The topological polar surface area (TPSA) is 57.6 Å². The van der Waals surface area contributed by atoms with Crippen molar-refractivity contribution < 1.29 is 14.7 Å². The Morgan fingerprint density at radius 3 is 2.43 bits per heavy atom. The molecular weight excluding hydrogens is 182 g/mol. The Kier molecular flexibility index (Phi) is 3.23. The number of hydrogen-bond acceptors (Lipinski definition) is 2. The first-order valence-electron chi connectivity index (χ1n) is 4.11. The van der Waals surface area contributed by atoms with Crippen molar-refractivity contribution >= 4 is 12.4 Å². The summed E-state index contributed by atoms with van der Waals surface area (Å²) in [6.45, 7) is 0.328. The number of nitrogens with zero attached hydrogens (tertiary/aromatic N) is 1. The van der Waals surface area contributed by atoms with Crippen LogP contribution in [0.4, 0.5) is 4.79 Å². The van der Waals surface area contributed by atoms with Gasteiger partial charge in [-0.05, 0) is 5.56 Å². The molecule has 0 atom stereocenters. The molecule has 0 unspecified atom stereocenters. The number of rotatable bonds is 3. The third-order valence-electron chi connectivity index (χ3n) is 1.86. The molecule has 4 nitrogen and oxygen atoms in total. The molecule has 0 aromatic heterocycles. The summed E-state index contributed by atoms with van der Waals surface area (Å²) in [5.41, 5.74) is 1.45. The average Bonchev–Trinajstić information content (AvgIpc) is 2.19. The molecule has 0 heterocycles. The van der Waals surface area contributed by atoms with Gasteiger partial charge in [0.25, 0.3) is 0 Å². The molecule has 0 aliphatic carbocycles. The monoisotopic (exact) mass is 193 g/mol. The smallest absolute Gasteiger partial charge is 0.407 e. The van der Waals surface area contributed by atoms with Crippen molar-refractivity contribution in [3.63, 3.8) is 0 Å². The van der Waals surface area contributed by atoms with Gasteiger partial charge in [0.15, 0.2) is 0 Å². The Labute approximate surface area is 81.8 Å². The molecule has 0 saturated heterocycles. The maximum absolute atomic E-state index is 10.5. The van der Waals surface area contributed by atoms with Crippen molar-refractivity contribution in [1.82, 2.24) is 4.90 Å². The van der Waals surface area contributed by atoms with Crippen molar-refractivity contribution in [1.29, 1.82) is 0 Å². The summed E-state index contributed by atoms with van der Waals surface area (Å²) >= 11 is 0. The Hall–Kier alpha value is -1.84. The molecule has 0 radical (unpaired) electrons. The summed E-state index contributed by atoms with van der Waals surface area (Å²) in [4.78, 5) is 22.0. The lowest BCUT2D eigenvalue weighted by molar-refractivity contribution is 0.112. The van der Waals surface area contributed by atoms with Crippen molar-refractivity contribution in [2.75, 3.05) is 7.05 Å². The van der Waals surface area contributed by atoms with Crippen LogP contribution in [0.5, 0.6) is 0 Å². The van der Waals surface area contributed by atoms with Crippen LogP contribution < -0.4 is 0 Å². The van der Waals surface area contributed by atoms with E-state index in [4.69, 9.17) is 5.11 Å². The molecule has 1 aromatic rings. The number of carbonyl (C=O) groups excluding carboxylic acids is 1. The van der Waals surface area contributed by atoms with E-state index in [0.29, 0.717) is 12.1 Å². The molecule has 1 amide bonds. The maximum atomic E-state index is 10.5.